The van der Waals surface area contributed by atoms with Crippen LogP contribution in [0.4, 0.5) is 5.69 Å². The summed E-state index contributed by atoms with van der Waals surface area (Å²) in [6.07, 6.45) is 0. The fourth-order valence-corrected chi connectivity index (χ4v) is 1.31. The molecular weight excluding hydrogens is 184 g/mol. The fourth-order valence-electron chi connectivity index (χ4n) is 1.16. The average Bonchev–Trinajstić information content (AvgIpc) is 2.17. The van der Waals surface area contributed by atoms with Crippen molar-refractivity contribution in [1.29, 1.82) is 0 Å². The van der Waals surface area contributed by atoms with E-state index in [0.717, 1.165) is 10.9 Å². The van der Waals surface area contributed by atoms with E-state index in [1.54, 1.807) is 24.3 Å². The van der Waals surface area contributed by atoms with Crippen LogP contribution in [-0.2, 0) is 0 Å². The molecule has 0 radical (unpaired) electrons. The van der Waals surface area contributed by atoms with Crippen LogP contribution in [0.2, 0.25) is 5.15 Å². The molecule has 62 valence electrons. The van der Waals surface area contributed by atoms with Crippen molar-refractivity contribution < 1.29 is 0 Å². The number of hydrogen-bond donors (Lipinski definition) is 0. The normalized spacial score (nSPS) is 9.85. The van der Waals surface area contributed by atoms with Crippen molar-refractivity contribution in [3.05, 3.63) is 46.9 Å². The first kappa shape index (κ1) is 8.03. The Hall–Kier alpha value is -1.59. The summed E-state index contributed by atoms with van der Waals surface area (Å²) in [6, 6.07) is 8.91. The van der Waals surface area contributed by atoms with Crippen molar-refractivity contribution in [1.82, 2.24) is 4.98 Å². The van der Waals surface area contributed by atoms with Gasteiger partial charge in [-0.15, -0.1) is 0 Å². The van der Waals surface area contributed by atoms with Crippen LogP contribution in [0.3, 0.4) is 0 Å². The van der Waals surface area contributed by atoms with E-state index >= 15 is 0 Å². The highest BCUT2D eigenvalue weighted by Crippen LogP contribution is 2.21. The molecule has 0 bridgehead atoms. The van der Waals surface area contributed by atoms with E-state index in [-0.39, 0.29) is 0 Å². The van der Waals surface area contributed by atoms with E-state index < -0.39 is 0 Å². The van der Waals surface area contributed by atoms with Gasteiger partial charge in [0.1, 0.15) is 5.15 Å². The molecule has 0 fully saturated rings. The smallest absolute Gasteiger partial charge is 0.187 e. The highest BCUT2D eigenvalue weighted by atomic mass is 35.5. The second kappa shape index (κ2) is 3.04. The van der Waals surface area contributed by atoms with E-state index in [4.69, 9.17) is 18.2 Å². The minimum Gasteiger partial charge on any atom is -0.238 e. The Balaban J connectivity index is 2.75. The van der Waals surface area contributed by atoms with Crippen molar-refractivity contribution in [3.63, 3.8) is 0 Å². The molecule has 2 rings (SSSR count). The number of aromatic nitrogens is 1. The highest BCUT2D eigenvalue weighted by molar-refractivity contribution is 6.29. The topological polar surface area (TPSA) is 17.2 Å². The van der Waals surface area contributed by atoms with Crippen LogP contribution in [0.15, 0.2) is 30.3 Å². The number of halogens is 1. The third-order valence-electron chi connectivity index (χ3n) is 1.77. The highest BCUT2D eigenvalue weighted by Gasteiger charge is 1.97. The number of rotatable bonds is 0. The first-order valence-corrected chi connectivity index (χ1v) is 4.11. The Kier molecular flexibility index (Phi) is 1.88. The lowest BCUT2D eigenvalue weighted by molar-refractivity contribution is 1.41. The molecule has 13 heavy (non-hydrogen) atoms. The van der Waals surface area contributed by atoms with E-state index in [2.05, 4.69) is 9.83 Å². The van der Waals surface area contributed by atoms with Crippen LogP contribution >= 0.6 is 11.6 Å². The minimum absolute atomic E-state index is 0.475. The number of fused-ring (bicyclic) bond motifs is 1. The maximum Gasteiger partial charge on any atom is 0.187 e. The molecule has 0 atom stereocenters. The molecule has 0 aliphatic heterocycles. The summed E-state index contributed by atoms with van der Waals surface area (Å²) in [5.74, 6) is 0. The van der Waals surface area contributed by atoms with Crippen LogP contribution in [-0.4, -0.2) is 4.98 Å². The number of benzene rings is 1. The fraction of sp³-hybridized carbons (Fsp3) is 0. The third-order valence-corrected chi connectivity index (χ3v) is 1.98. The molecule has 2 nitrogen and oxygen atoms in total. The van der Waals surface area contributed by atoms with Gasteiger partial charge in [-0.05, 0) is 23.6 Å². The maximum atomic E-state index is 6.84. The minimum atomic E-state index is 0.475. The summed E-state index contributed by atoms with van der Waals surface area (Å²) in [6.45, 7) is 6.84. The monoisotopic (exact) mass is 188 g/mol. The number of nitrogens with zero attached hydrogens (tertiary/aromatic N) is 2. The summed E-state index contributed by atoms with van der Waals surface area (Å²) >= 11 is 5.72. The number of hydrogen-bond acceptors (Lipinski definition) is 1. The van der Waals surface area contributed by atoms with Crippen LogP contribution in [0.25, 0.3) is 15.7 Å². The molecule has 2 aromatic rings. The van der Waals surface area contributed by atoms with Gasteiger partial charge in [0, 0.05) is 0 Å². The summed E-state index contributed by atoms with van der Waals surface area (Å²) in [4.78, 5) is 7.45. The SMILES string of the molecule is [C-]#[N+]c1ccc2nc(Cl)ccc2c1. The van der Waals surface area contributed by atoms with Crippen LogP contribution < -0.4 is 0 Å². The summed E-state index contributed by atoms with van der Waals surface area (Å²) in [5, 5.41) is 1.42. The Morgan fingerprint density at radius 1 is 1.23 bits per heavy atom. The summed E-state index contributed by atoms with van der Waals surface area (Å²) in [7, 11) is 0. The molecular formula is C10H5ClN2. The van der Waals surface area contributed by atoms with Crippen molar-refractivity contribution in [3.8, 4) is 0 Å². The standard InChI is InChI=1S/C10H5ClN2/c1-12-8-3-4-9-7(6-8)2-5-10(11)13-9/h2-6H. The van der Waals surface area contributed by atoms with Gasteiger partial charge >= 0.3 is 0 Å². The van der Waals surface area contributed by atoms with Gasteiger partial charge in [-0.2, -0.15) is 0 Å². The lowest BCUT2D eigenvalue weighted by Gasteiger charge is -1.97. The zero-order valence-electron chi connectivity index (χ0n) is 6.66. The van der Waals surface area contributed by atoms with E-state index in [0.29, 0.717) is 10.8 Å². The lowest BCUT2D eigenvalue weighted by Crippen LogP contribution is -1.77. The van der Waals surface area contributed by atoms with Crippen molar-refractivity contribution in [2.75, 3.05) is 0 Å². The molecule has 0 saturated heterocycles. The molecule has 0 saturated carbocycles. The van der Waals surface area contributed by atoms with Crippen molar-refractivity contribution in [2.24, 2.45) is 0 Å². The predicted molar refractivity (Wildman–Crippen MR) is 53.0 cm³/mol. The van der Waals surface area contributed by atoms with E-state index in [9.17, 15) is 0 Å². The molecule has 0 aliphatic carbocycles. The quantitative estimate of drug-likeness (QED) is 0.457. The second-order valence-corrected chi connectivity index (χ2v) is 3.01. The van der Waals surface area contributed by atoms with Gasteiger partial charge in [0.25, 0.3) is 0 Å². The molecule has 1 aromatic heterocycles. The van der Waals surface area contributed by atoms with E-state index in [1.807, 2.05) is 6.07 Å². The Bertz CT molecular complexity index is 500. The van der Waals surface area contributed by atoms with Crippen LogP contribution in [0, 0.1) is 6.57 Å². The Morgan fingerprint density at radius 2 is 2.08 bits per heavy atom. The molecule has 0 N–H and O–H groups in total. The van der Waals surface area contributed by atoms with Gasteiger partial charge in [-0.25, -0.2) is 9.83 Å². The largest absolute Gasteiger partial charge is 0.238 e. The molecule has 1 aromatic carbocycles. The Morgan fingerprint density at radius 3 is 2.85 bits per heavy atom. The maximum absolute atomic E-state index is 6.84. The molecule has 0 spiro atoms. The molecule has 3 heteroatoms. The Labute approximate surface area is 80.6 Å². The summed E-state index contributed by atoms with van der Waals surface area (Å²) < 4.78 is 0. The zero-order chi connectivity index (χ0) is 9.26. The third kappa shape index (κ3) is 1.47. The van der Waals surface area contributed by atoms with E-state index in [1.165, 1.54) is 0 Å². The van der Waals surface area contributed by atoms with Crippen LogP contribution in [0.1, 0.15) is 0 Å². The van der Waals surface area contributed by atoms with Gasteiger partial charge in [0.05, 0.1) is 12.1 Å². The number of pyridine rings is 1. The van der Waals surface area contributed by atoms with Crippen molar-refractivity contribution in [2.45, 2.75) is 0 Å². The average molecular weight is 189 g/mol. The second-order valence-electron chi connectivity index (χ2n) is 2.62. The molecule has 0 aliphatic rings. The van der Waals surface area contributed by atoms with Gasteiger partial charge in [0.15, 0.2) is 5.69 Å². The van der Waals surface area contributed by atoms with Gasteiger partial charge in [0.2, 0.25) is 0 Å². The van der Waals surface area contributed by atoms with Gasteiger partial charge in [-0.1, -0.05) is 23.7 Å². The predicted octanol–water partition coefficient (Wildman–Crippen LogP) is 3.44. The first-order chi connectivity index (χ1) is 6.29. The lowest BCUT2D eigenvalue weighted by atomic mass is 10.2. The molecule has 0 unspecified atom stereocenters. The van der Waals surface area contributed by atoms with Crippen LogP contribution in [0.5, 0.6) is 0 Å². The van der Waals surface area contributed by atoms with Crippen molar-refractivity contribution >= 4 is 28.2 Å². The van der Waals surface area contributed by atoms with Gasteiger partial charge in [-0.3, -0.25) is 0 Å². The first-order valence-electron chi connectivity index (χ1n) is 3.73. The zero-order valence-corrected chi connectivity index (χ0v) is 7.42. The molecule has 0 amide bonds. The molecule has 1 heterocycles. The van der Waals surface area contributed by atoms with Gasteiger partial charge < -0.3 is 0 Å². The summed E-state index contributed by atoms with van der Waals surface area (Å²) in [5.41, 5.74) is 1.44.